The maximum absolute atomic E-state index is 13.6. The summed E-state index contributed by atoms with van der Waals surface area (Å²) in [5.41, 5.74) is 0.799. The molecule has 40 heavy (non-hydrogen) atoms. The van der Waals surface area contributed by atoms with Crippen molar-refractivity contribution in [3.05, 3.63) is 88.7 Å². The lowest BCUT2D eigenvalue weighted by Crippen LogP contribution is -2.48. The molecule has 10 heteroatoms. The van der Waals surface area contributed by atoms with Crippen molar-refractivity contribution in [1.82, 2.24) is 14.8 Å². The van der Waals surface area contributed by atoms with Crippen molar-refractivity contribution in [1.29, 1.82) is 0 Å². The van der Waals surface area contributed by atoms with E-state index in [1.165, 1.54) is 29.4 Å². The molecule has 0 saturated carbocycles. The van der Waals surface area contributed by atoms with Crippen molar-refractivity contribution in [2.45, 2.75) is 20.0 Å². The molecule has 1 aromatic heterocycles. The fraction of sp³-hybridized carbons (Fsp3) is 0.300. The van der Waals surface area contributed by atoms with Gasteiger partial charge < -0.3 is 19.8 Å². The van der Waals surface area contributed by atoms with Gasteiger partial charge in [0, 0.05) is 73.4 Å². The molecule has 0 spiro atoms. The molecule has 0 bridgehead atoms. The lowest BCUT2D eigenvalue weighted by Gasteiger charge is -2.36. The van der Waals surface area contributed by atoms with Gasteiger partial charge in [0.05, 0.1) is 11.8 Å². The van der Waals surface area contributed by atoms with Gasteiger partial charge in [0.2, 0.25) is 0 Å². The van der Waals surface area contributed by atoms with Crippen molar-refractivity contribution in [3.63, 3.8) is 0 Å². The van der Waals surface area contributed by atoms with Crippen LogP contribution < -0.4 is 4.90 Å². The minimum absolute atomic E-state index is 0.0273. The summed E-state index contributed by atoms with van der Waals surface area (Å²) in [5.74, 6) is 4.67. The van der Waals surface area contributed by atoms with Crippen molar-refractivity contribution in [3.8, 4) is 17.6 Å². The summed E-state index contributed by atoms with van der Waals surface area (Å²) >= 11 is 0. The van der Waals surface area contributed by atoms with Gasteiger partial charge in [-0.25, -0.2) is 0 Å². The zero-order chi connectivity index (χ0) is 28.9. The van der Waals surface area contributed by atoms with Gasteiger partial charge in [-0.1, -0.05) is 11.8 Å². The Labute approximate surface area is 230 Å². The first kappa shape index (κ1) is 28.5. The van der Waals surface area contributed by atoms with Crippen LogP contribution in [0.4, 0.5) is 18.9 Å². The third kappa shape index (κ3) is 6.72. The fourth-order valence-electron chi connectivity index (χ4n) is 4.49. The number of hydrogen-bond donors (Lipinski definition) is 1. The van der Waals surface area contributed by atoms with E-state index in [0.717, 1.165) is 17.8 Å². The first-order valence-corrected chi connectivity index (χ1v) is 12.9. The third-order valence-electron chi connectivity index (χ3n) is 6.68. The van der Waals surface area contributed by atoms with Crippen LogP contribution >= 0.6 is 0 Å². The second-order valence-corrected chi connectivity index (χ2v) is 9.28. The summed E-state index contributed by atoms with van der Waals surface area (Å²) in [6.45, 7) is 6.74. The predicted octanol–water partition coefficient (Wildman–Crippen LogP) is 4.65. The molecule has 0 unspecified atom stereocenters. The monoisotopic (exact) mass is 550 g/mol. The fourth-order valence-corrected chi connectivity index (χ4v) is 4.49. The van der Waals surface area contributed by atoms with Gasteiger partial charge >= 0.3 is 6.18 Å². The van der Waals surface area contributed by atoms with Gasteiger partial charge in [-0.15, -0.1) is 0 Å². The highest BCUT2D eigenvalue weighted by Crippen LogP contribution is 2.31. The summed E-state index contributed by atoms with van der Waals surface area (Å²) in [7, 11) is 0. The first-order valence-electron chi connectivity index (χ1n) is 12.9. The molecule has 7 nitrogen and oxygen atoms in total. The number of halogens is 3. The standard InChI is InChI=1S/C30H29F3N4O3/c1-3-35(4-2)28(39)23-7-9-26(10-8-23)36-11-13-37(14-12-36)29(40)24-15-21(16-25(18-24)30(31,32)33)5-6-22-17-27(38)20-34-19-22/h7-10,15-20,38H,3-4,11-14H2,1-2H3. The number of rotatable bonds is 5. The molecule has 0 aliphatic carbocycles. The van der Waals surface area contributed by atoms with Crippen molar-refractivity contribution in [2.75, 3.05) is 44.2 Å². The molecule has 2 aromatic carbocycles. The molecule has 0 radical (unpaired) electrons. The Bertz CT molecular complexity index is 1430. The Morgan fingerprint density at radius 2 is 1.55 bits per heavy atom. The number of alkyl halides is 3. The van der Waals surface area contributed by atoms with Crippen molar-refractivity contribution < 1.29 is 27.9 Å². The Balaban J connectivity index is 1.47. The molecule has 2 amide bonds. The Kier molecular flexibility index (Phi) is 8.63. The van der Waals surface area contributed by atoms with Gasteiger partial charge in [0.1, 0.15) is 5.75 Å². The molecule has 1 aliphatic rings. The lowest BCUT2D eigenvalue weighted by atomic mass is 10.0. The van der Waals surface area contributed by atoms with Crippen molar-refractivity contribution in [2.24, 2.45) is 0 Å². The number of aromatic hydroxyl groups is 1. The van der Waals surface area contributed by atoms with E-state index in [9.17, 15) is 27.9 Å². The van der Waals surface area contributed by atoms with Crippen LogP contribution in [0.5, 0.6) is 5.75 Å². The van der Waals surface area contributed by atoms with E-state index in [-0.39, 0.29) is 22.8 Å². The van der Waals surface area contributed by atoms with Crippen LogP contribution in [-0.4, -0.2) is 71.0 Å². The van der Waals surface area contributed by atoms with E-state index >= 15 is 0 Å². The van der Waals surface area contributed by atoms with Gasteiger partial charge in [-0.3, -0.25) is 14.6 Å². The molecule has 1 fully saturated rings. The largest absolute Gasteiger partial charge is 0.506 e. The van der Waals surface area contributed by atoms with Gasteiger partial charge in [0.25, 0.3) is 11.8 Å². The Morgan fingerprint density at radius 3 is 2.15 bits per heavy atom. The number of amides is 2. The van der Waals surface area contributed by atoms with E-state index in [1.54, 1.807) is 17.0 Å². The molecule has 2 heterocycles. The average molecular weight is 551 g/mol. The Hall–Kier alpha value is -4.52. The van der Waals surface area contributed by atoms with Crippen LogP contribution in [0.15, 0.2) is 60.9 Å². The van der Waals surface area contributed by atoms with E-state index in [0.29, 0.717) is 50.4 Å². The lowest BCUT2D eigenvalue weighted by molar-refractivity contribution is -0.137. The minimum atomic E-state index is -4.66. The van der Waals surface area contributed by atoms with Gasteiger partial charge in [-0.2, -0.15) is 13.2 Å². The first-order chi connectivity index (χ1) is 19.1. The van der Waals surface area contributed by atoms with Gasteiger partial charge in [-0.05, 0) is 62.4 Å². The minimum Gasteiger partial charge on any atom is -0.506 e. The summed E-state index contributed by atoms with van der Waals surface area (Å²) < 4.78 is 40.9. The molecule has 1 saturated heterocycles. The summed E-state index contributed by atoms with van der Waals surface area (Å²) in [6, 6.07) is 11.7. The number of carbonyl (C=O) groups excluding carboxylic acids is 2. The topological polar surface area (TPSA) is 77.0 Å². The summed E-state index contributed by atoms with van der Waals surface area (Å²) in [4.78, 5) is 34.9. The molecule has 4 rings (SSSR count). The predicted molar refractivity (Wildman–Crippen MR) is 145 cm³/mol. The van der Waals surface area contributed by atoms with E-state index < -0.39 is 17.6 Å². The van der Waals surface area contributed by atoms with Gasteiger partial charge in [0.15, 0.2) is 0 Å². The molecule has 0 atom stereocenters. The highest BCUT2D eigenvalue weighted by atomic mass is 19.4. The molecular weight excluding hydrogens is 521 g/mol. The van der Waals surface area contributed by atoms with E-state index in [1.807, 2.05) is 26.0 Å². The smallest absolute Gasteiger partial charge is 0.416 e. The van der Waals surface area contributed by atoms with Crippen LogP contribution in [0.2, 0.25) is 0 Å². The molecule has 3 aromatic rings. The number of piperazine rings is 1. The maximum Gasteiger partial charge on any atom is 0.416 e. The normalized spacial score (nSPS) is 13.4. The van der Waals surface area contributed by atoms with Crippen LogP contribution in [0.25, 0.3) is 0 Å². The SMILES string of the molecule is CCN(CC)C(=O)c1ccc(N2CCN(C(=O)c3cc(C#Cc4cncc(O)c4)cc(C(F)(F)F)c3)CC2)cc1. The van der Waals surface area contributed by atoms with Crippen molar-refractivity contribution >= 4 is 17.5 Å². The number of nitrogens with zero attached hydrogens (tertiary/aromatic N) is 4. The van der Waals surface area contributed by atoms with E-state index in [4.69, 9.17) is 0 Å². The van der Waals surface area contributed by atoms with Crippen LogP contribution in [0.1, 0.15) is 51.3 Å². The molecule has 1 aliphatic heterocycles. The number of pyridine rings is 1. The van der Waals surface area contributed by atoms with Crippen LogP contribution in [0, 0.1) is 11.8 Å². The molecule has 208 valence electrons. The molecule has 1 N–H and O–H groups in total. The quantitative estimate of drug-likeness (QED) is 0.468. The highest BCUT2D eigenvalue weighted by molar-refractivity contribution is 5.95. The second-order valence-electron chi connectivity index (χ2n) is 9.28. The number of hydrogen-bond acceptors (Lipinski definition) is 5. The number of anilines is 1. The zero-order valence-corrected chi connectivity index (χ0v) is 22.2. The summed E-state index contributed by atoms with van der Waals surface area (Å²) in [5, 5.41) is 9.54. The number of aromatic nitrogens is 1. The number of benzene rings is 2. The van der Waals surface area contributed by atoms with E-state index in [2.05, 4.69) is 21.7 Å². The Morgan fingerprint density at radius 1 is 0.900 bits per heavy atom. The summed E-state index contributed by atoms with van der Waals surface area (Å²) in [6.07, 6.45) is -2.06. The molecular formula is C30H29F3N4O3. The second kappa shape index (κ2) is 12.1. The zero-order valence-electron chi connectivity index (χ0n) is 22.2. The number of carbonyl (C=O) groups is 2. The average Bonchev–Trinajstić information content (AvgIpc) is 2.96. The third-order valence-corrected chi connectivity index (χ3v) is 6.68. The maximum atomic E-state index is 13.6. The van der Waals surface area contributed by atoms with Crippen LogP contribution in [0.3, 0.4) is 0 Å². The van der Waals surface area contributed by atoms with Crippen LogP contribution in [-0.2, 0) is 6.18 Å². The highest BCUT2D eigenvalue weighted by Gasteiger charge is 2.32.